The van der Waals surface area contributed by atoms with Crippen molar-refractivity contribution in [3.8, 4) is 0 Å². The van der Waals surface area contributed by atoms with Gasteiger partial charge in [-0.05, 0) is 44.2 Å². The Labute approximate surface area is 121 Å². The van der Waals surface area contributed by atoms with E-state index in [2.05, 4.69) is 9.97 Å². The van der Waals surface area contributed by atoms with Crippen molar-refractivity contribution >= 4 is 29.1 Å². The van der Waals surface area contributed by atoms with Crippen molar-refractivity contribution in [3.05, 3.63) is 52.8 Å². The smallest absolute Gasteiger partial charge is 0.188 e. The summed E-state index contributed by atoms with van der Waals surface area (Å²) in [5.74, 6) is 0.0479. The van der Waals surface area contributed by atoms with Gasteiger partial charge in [0, 0.05) is 22.5 Å². The molecule has 1 unspecified atom stereocenters. The van der Waals surface area contributed by atoms with Gasteiger partial charge in [0.05, 0.1) is 5.25 Å². The number of nitrogens with zero attached hydrogens (tertiary/aromatic N) is 2. The molecular formula is C14H13ClN2OS. The molecule has 1 atom stereocenters. The first-order valence-electron chi connectivity index (χ1n) is 5.82. The van der Waals surface area contributed by atoms with E-state index in [1.807, 2.05) is 19.9 Å². The van der Waals surface area contributed by atoms with Gasteiger partial charge in [-0.15, -0.1) is 0 Å². The fraction of sp³-hybridized carbons (Fsp3) is 0.214. The number of carbonyl (C=O) groups excluding carboxylic acids is 1. The van der Waals surface area contributed by atoms with E-state index >= 15 is 0 Å². The van der Waals surface area contributed by atoms with E-state index in [1.165, 1.54) is 11.8 Å². The van der Waals surface area contributed by atoms with E-state index in [0.29, 0.717) is 15.7 Å². The fourth-order valence-electron chi connectivity index (χ4n) is 1.54. The Balaban J connectivity index is 2.09. The highest BCUT2D eigenvalue weighted by atomic mass is 35.5. The molecule has 1 aromatic carbocycles. The average molecular weight is 293 g/mol. The van der Waals surface area contributed by atoms with Crippen molar-refractivity contribution in [1.82, 2.24) is 9.97 Å². The summed E-state index contributed by atoms with van der Waals surface area (Å²) in [6.45, 7) is 3.75. The highest BCUT2D eigenvalue weighted by Crippen LogP contribution is 2.23. The fourth-order valence-corrected chi connectivity index (χ4v) is 2.55. The summed E-state index contributed by atoms with van der Waals surface area (Å²) < 4.78 is 0. The zero-order chi connectivity index (χ0) is 13.8. The van der Waals surface area contributed by atoms with Gasteiger partial charge in [-0.3, -0.25) is 4.79 Å². The van der Waals surface area contributed by atoms with Gasteiger partial charge in [-0.2, -0.15) is 0 Å². The Bertz CT molecular complexity index is 586. The molecule has 19 heavy (non-hydrogen) atoms. The van der Waals surface area contributed by atoms with E-state index in [9.17, 15) is 4.79 Å². The van der Waals surface area contributed by atoms with Crippen molar-refractivity contribution in [3.63, 3.8) is 0 Å². The van der Waals surface area contributed by atoms with Crippen molar-refractivity contribution in [2.75, 3.05) is 0 Å². The maximum Gasteiger partial charge on any atom is 0.188 e. The van der Waals surface area contributed by atoms with Crippen LogP contribution in [-0.4, -0.2) is 21.0 Å². The zero-order valence-electron chi connectivity index (χ0n) is 10.6. The van der Waals surface area contributed by atoms with Gasteiger partial charge >= 0.3 is 0 Å². The molecule has 98 valence electrons. The van der Waals surface area contributed by atoms with Gasteiger partial charge in [0.25, 0.3) is 0 Å². The Morgan fingerprint density at radius 1 is 1.26 bits per heavy atom. The molecule has 0 spiro atoms. The second kappa shape index (κ2) is 6.17. The van der Waals surface area contributed by atoms with Crippen LogP contribution in [0.1, 0.15) is 23.0 Å². The number of rotatable bonds is 4. The molecule has 0 amide bonds. The lowest BCUT2D eigenvalue weighted by Crippen LogP contribution is -2.14. The van der Waals surface area contributed by atoms with E-state index < -0.39 is 0 Å². The predicted octanol–water partition coefficient (Wildman–Crippen LogP) is 3.80. The standard InChI is InChI=1S/C14H13ClN2OS/c1-9-7-8-16-14(17-9)19-10(2)13(18)11-3-5-12(15)6-4-11/h3-8,10H,1-2H3. The second-order valence-corrected chi connectivity index (χ2v) is 5.86. The first-order chi connectivity index (χ1) is 9.06. The topological polar surface area (TPSA) is 42.9 Å². The summed E-state index contributed by atoms with van der Waals surface area (Å²) in [6.07, 6.45) is 1.70. The summed E-state index contributed by atoms with van der Waals surface area (Å²) in [4.78, 5) is 20.7. The molecule has 3 nitrogen and oxygen atoms in total. The Morgan fingerprint density at radius 3 is 2.58 bits per heavy atom. The number of carbonyl (C=O) groups is 1. The maximum absolute atomic E-state index is 12.2. The lowest BCUT2D eigenvalue weighted by atomic mass is 10.1. The van der Waals surface area contributed by atoms with Gasteiger partial charge in [0.2, 0.25) is 0 Å². The summed E-state index contributed by atoms with van der Waals surface area (Å²) in [6, 6.07) is 8.73. The minimum Gasteiger partial charge on any atom is -0.293 e. The SMILES string of the molecule is Cc1ccnc(SC(C)C(=O)c2ccc(Cl)cc2)n1. The number of aryl methyl sites for hydroxylation is 1. The molecule has 0 saturated heterocycles. The van der Waals surface area contributed by atoms with Crippen LogP contribution in [0.4, 0.5) is 0 Å². The van der Waals surface area contributed by atoms with Crippen LogP contribution in [0.25, 0.3) is 0 Å². The van der Waals surface area contributed by atoms with E-state index in [1.54, 1.807) is 30.5 Å². The van der Waals surface area contributed by atoms with Crippen LogP contribution < -0.4 is 0 Å². The molecule has 0 fully saturated rings. The van der Waals surface area contributed by atoms with Crippen LogP contribution in [0.5, 0.6) is 0 Å². The normalized spacial score (nSPS) is 12.2. The first kappa shape index (κ1) is 14.0. The molecule has 1 aromatic heterocycles. The second-order valence-electron chi connectivity index (χ2n) is 4.11. The van der Waals surface area contributed by atoms with Gasteiger partial charge in [0.15, 0.2) is 10.9 Å². The van der Waals surface area contributed by atoms with Crippen LogP contribution in [0, 0.1) is 6.92 Å². The number of benzene rings is 1. The molecule has 2 rings (SSSR count). The molecule has 0 aliphatic heterocycles. The van der Waals surface area contributed by atoms with Crippen LogP contribution in [0.15, 0.2) is 41.7 Å². The molecule has 0 saturated carbocycles. The lowest BCUT2D eigenvalue weighted by Gasteiger charge is -2.09. The molecule has 0 aliphatic rings. The third-order valence-electron chi connectivity index (χ3n) is 2.55. The van der Waals surface area contributed by atoms with Crippen LogP contribution in [0.2, 0.25) is 5.02 Å². The van der Waals surface area contributed by atoms with Gasteiger partial charge in [0.1, 0.15) is 0 Å². The molecule has 2 aromatic rings. The number of ketones is 1. The van der Waals surface area contributed by atoms with Gasteiger partial charge < -0.3 is 0 Å². The maximum atomic E-state index is 12.2. The van der Waals surface area contributed by atoms with E-state index in [-0.39, 0.29) is 11.0 Å². The highest BCUT2D eigenvalue weighted by molar-refractivity contribution is 8.00. The van der Waals surface area contributed by atoms with Crippen LogP contribution in [-0.2, 0) is 0 Å². The molecule has 0 radical (unpaired) electrons. The van der Waals surface area contributed by atoms with E-state index in [0.717, 1.165) is 5.69 Å². The minimum atomic E-state index is -0.233. The van der Waals surface area contributed by atoms with Crippen molar-refractivity contribution in [2.24, 2.45) is 0 Å². The number of hydrogen-bond donors (Lipinski definition) is 0. The Hall–Kier alpha value is -1.39. The molecule has 0 aliphatic carbocycles. The number of Topliss-reactive ketones (excluding diaryl/α,β-unsaturated/α-hetero) is 1. The van der Waals surface area contributed by atoms with E-state index in [4.69, 9.17) is 11.6 Å². The predicted molar refractivity (Wildman–Crippen MR) is 77.9 cm³/mol. The summed E-state index contributed by atoms with van der Waals surface area (Å²) in [5, 5.41) is 1.01. The quantitative estimate of drug-likeness (QED) is 0.488. The molecule has 0 bridgehead atoms. The van der Waals surface area contributed by atoms with Crippen LogP contribution >= 0.6 is 23.4 Å². The van der Waals surface area contributed by atoms with Gasteiger partial charge in [-0.1, -0.05) is 23.4 Å². The third kappa shape index (κ3) is 3.78. The van der Waals surface area contributed by atoms with Crippen LogP contribution in [0.3, 0.4) is 0 Å². The van der Waals surface area contributed by atoms with Crippen molar-refractivity contribution < 1.29 is 4.79 Å². The summed E-state index contributed by atoms with van der Waals surface area (Å²) >= 11 is 7.17. The summed E-state index contributed by atoms with van der Waals surface area (Å²) in [7, 11) is 0. The lowest BCUT2D eigenvalue weighted by molar-refractivity contribution is 0.0994. The largest absolute Gasteiger partial charge is 0.293 e. The summed E-state index contributed by atoms with van der Waals surface area (Å²) in [5.41, 5.74) is 1.54. The number of thioether (sulfide) groups is 1. The average Bonchev–Trinajstić information content (AvgIpc) is 2.39. The van der Waals surface area contributed by atoms with Crippen molar-refractivity contribution in [1.29, 1.82) is 0 Å². The number of halogens is 1. The monoisotopic (exact) mass is 292 g/mol. The zero-order valence-corrected chi connectivity index (χ0v) is 12.2. The molecule has 1 heterocycles. The molecule has 0 N–H and O–H groups in total. The first-order valence-corrected chi connectivity index (χ1v) is 7.08. The third-order valence-corrected chi connectivity index (χ3v) is 3.78. The minimum absolute atomic E-state index is 0.0479. The number of hydrogen-bond acceptors (Lipinski definition) is 4. The van der Waals surface area contributed by atoms with Crippen molar-refractivity contribution in [2.45, 2.75) is 24.3 Å². The number of aromatic nitrogens is 2. The Morgan fingerprint density at radius 2 is 1.95 bits per heavy atom. The Kier molecular flexibility index (Phi) is 4.56. The molecular weight excluding hydrogens is 280 g/mol. The molecule has 5 heteroatoms. The highest BCUT2D eigenvalue weighted by Gasteiger charge is 2.17. The van der Waals surface area contributed by atoms with Gasteiger partial charge in [-0.25, -0.2) is 9.97 Å².